The van der Waals surface area contributed by atoms with Crippen LogP contribution in [0.25, 0.3) is 22.2 Å². The predicted molar refractivity (Wildman–Crippen MR) is 108 cm³/mol. The third-order valence-electron chi connectivity index (χ3n) is 4.54. The van der Waals surface area contributed by atoms with Gasteiger partial charge in [0.25, 0.3) is 0 Å². The van der Waals surface area contributed by atoms with Crippen LogP contribution in [0.4, 0.5) is 0 Å². The van der Waals surface area contributed by atoms with Crippen molar-refractivity contribution in [3.05, 3.63) is 78.4 Å². The maximum atomic E-state index is 5.93. The highest BCUT2D eigenvalue weighted by Gasteiger charge is 2.11. The minimum Gasteiger partial charge on any atom is -0.497 e. The van der Waals surface area contributed by atoms with E-state index in [0.29, 0.717) is 6.61 Å². The lowest BCUT2D eigenvalue weighted by Crippen LogP contribution is -1.94. The Morgan fingerprint density at radius 3 is 2.37 bits per heavy atom. The lowest BCUT2D eigenvalue weighted by atomic mass is 10.1. The van der Waals surface area contributed by atoms with Gasteiger partial charge >= 0.3 is 0 Å². The lowest BCUT2D eigenvalue weighted by Gasteiger charge is -2.09. The van der Waals surface area contributed by atoms with Gasteiger partial charge in [-0.2, -0.15) is 0 Å². The van der Waals surface area contributed by atoms with Crippen LogP contribution in [-0.4, -0.2) is 19.2 Å². The first-order chi connectivity index (χ1) is 13.3. The number of aromatic amines is 1. The van der Waals surface area contributed by atoms with Gasteiger partial charge < -0.3 is 19.2 Å². The van der Waals surface area contributed by atoms with E-state index >= 15 is 0 Å². The second kappa shape index (κ2) is 7.46. The molecule has 0 aliphatic heterocycles. The molecule has 0 saturated carbocycles. The number of nitrogens with one attached hydrogen (secondary N) is 1. The number of H-pyrrole nitrogens is 1. The van der Waals surface area contributed by atoms with Gasteiger partial charge in [-0.25, -0.2) is 0 Å². The fourth-order valence-corrected chi connectivity index (χ4v) is 3.11. The molecule has 0 spiro atoms. The molecule has 4 aromatic rings. The van der Waals surface area contributed by atoms with Crippen LogP contribution in [-0.2, 0) is 6.61 Å². The van der Waals surface area contributed by atoms with Gasteiger partial charge in [-0.3, -0.25) is 0 Å². The van der Waals surface area contributed by atoms with Gasteiger partial charge in [0.05, 0.1) is 19.9 Å². The molecule has 0 bridgehead atoms. The number of ether oxygens (including phenoxy) is 3. The molecule has 4 heteroatoms. The van der Waals surface area contributed by atoms with E-state index in [9.17, 15) is 0 Å². The Balaban J connectivity index is 1.63. The molecule has 0 aliphatic carbocycles. The maximum absolute atomic E-state index is 5.93. The molecular weight excluding hydrogens is 338 g/mol. The molecule has 0 atom stereocenters. The molecule has 0 unspecified atom stereocenters. The SMILES string of the molecule is COc1ccc(OC)c(-c2cc3ccc(OCc4ccccc4)cc3[nH]2)c1. The number of rotatable bonds is 6. The van der Waals surface area contributed by atoms with Crippen molar-refractivity contribution in [1.29, 1.82) is 0 Å². The summed E-state index contributed by atoms with van der Waals surface area (Å²) in [5.41, 5.74) is 4.09. The Morgan fingerprint density at radius 2 is 1.59 bits per heavy atom. The van der Waals surface area contributed by atoms with E-state index < -0.39 is 0 Å². The standard InChI is InChI=1S/C23H21NO3/c1-25-18-10-11-23(26-2)20(13-18)22-12-17-8-9-19(14-21(17)24-22)27-15-16-6-4-3-5-7-16/h3-14,24H,15H2,1-2H3. The van der Waals surface area contributed by atoms with Crippen molar-refractivity contribution < 1.29 is 14.2 Å². The van der Waals surface area contributed by atoms with E-state index in [-0.39, 0.29) is 0 Å². The quantitative estimate of drug-likeness (QED) is 0.499. The van der Waals surface area contributed by atoms with Crippen molar-refractivity contribution >= 4 is 10.9 Å². The highest BCUT2D eigenvalue weighted by molar-refractivity contribution is 5.88. The Hall–Kier alpha value is -3.40. The zero-order valence-electron chi connectivity index (χ0n) is 15.4. The highest BCUT2D eigenvalue weighted by atomic mass is 16.5. The van der Waals surface area contributed by atoms with Gasteiger partial charge in [-0.05, 0) is 42.0 Å². The van der Waals surface area contributed by atoms with Crippen LogP contribution in [0.1, 0.15) is 5.56 Å². The molecule has 0 fully saturated rings. The maximum Gasteiger partial charge on any atom is 0.128 e. The van der Waals surface area contributed by atoms with Crippen LogP contribution >= 0.6 is 0 Å². The summed E-state index contributed by atoms with van der Waals surface area (Å²) in [5.74, 6) is 2.41. The minimum absolute atomic E-state index is 0.545. The van der Waals surface area contributed by atoms with Gasteiger partial charge in [0, 0.05) is 22.5 Å². The van der Waals surface area contributed by atoms with E-state index in [2.05, 4.69) is 29.2 Å². The van der Waals surface area contributed by atoms with Crippen LogP contribution in [0.15, 0.2) is 72.8 Å². The summed E-state index contributed by atoms with van der Waals surface area (Å²) in [6, 6.07) is 24.1. The molecule has 4 rings (SSSR count). The number of hydrogen-bond donors (Lipinski definition) is 1. The Kier molecular flexibility index (Phi) is 4.71. The van der Waals surface area contributed by atoms with Gasteiger partial charge in [0.15, 0.2) is 0 Å². The van der Waals surface area contributed by atoms with Gasteiger partial charge in [0.2, 0.25) is 0 Å². The summed E-state index contributed by atoms with van der Waals surface area (Å²) in [7, 11) is 3.33. The summed E-state index contributed by atoms with van der Waals surface area (Å²) in [6.45, 7) is 0.545. The molecule has 1 aromatic heterocycles. The van der Waals surface area contributed by atoms with E-state index in [1.165, 1.54) is 0 Å². The molecule has 4 nitrogen and oxygen atoms in total. The molecule has 27 heavy (non-hydrogen) atoms. The molecule has 0 amide bonds. The monoisotopic (exact) mass is 359 g/mol. The molecule has 0 aliphatic rings. The molecule has 0 saturated heterocycles. The summed E-state index contributed by atoms with van der Waals surface area (Å²) in [5, 5.41) is 1.11. The van der Waals surface area contributed by atoms with Gasteiger partial charge in [0.1, 0.15) is 23.9 Å². The van der Waals surface area contributed by atoms with E-state index in [0.717, 1.165) is 45.0 Å². The average Bonchev–Trinajstić information content (AvgIpc) is 3.15. The van der Waals surface area contributed by atoms with Crippen LogP contribution in [0.5, 0.6) is 17.2 Å². The van der Waals surface area contributed by atoms with E-state index in [1.807, 2.05) is 48.5 Å². The normalized spacial score (nSPS) is 10.7. The smallest absolute Gasteiger partial charge is 0.128 e. The fourth-order valence-electron chi connectivity index (χ4n) is 3.11. The zero-order chi connectivity index (χ0) is 18.6. The number of fused-ring (bicyclic) bond motifs is 1. The molecular formula is C23H21NO3. The largest absolute Gasteiger partial charge is 0.497 e. The summed E-state index contributed by atoms with van der Waals surface area (Å²) < 4.78 is 16.8. The Bertz CT molecular complexity index is 1050. The van der Waals surface area contributed by atoms with Crippen molar-refractivity contribution in [2.24, 2.45) is 0 Å². The number of hydrogen-bond acceptors (Lipinski definition) is 3. The van der Waals surface area contributed by atoms with Crippen molar-refractivity contribution in [1.82, 2.24) is 4.98 Å². The van der Waals surface area contributed by atoms with E-state index in [4.69, 9.17) is 14.2 Å². The third-order valence-corrected chi connectivity index (χ3v) is 4.54. The highest BCUT2D eigenvalue weighted by Crippen LogP contribution is 2.35. The van der Waals surface area contributed by atoms with Gasteiger partial charge in [-0.15, -0.1) is 0 Å². The van der Waals surface area contributed by atoms with Crippen LogP contribution in [0, 0.1) is 0 Å². The third kappa shape index (κ3) is 3.60. The zero-order valence-corrected chi connectivity index (χ0v) is 15.4. The first-order valence-electron chi connectivity index (χ1n) is 8.79. The van der Waals surface area contributed by atoms with Crippen molar-refractivity contribution in [2.75, 3.05) is 14.2 Å². The van der Waals surface area contributed by atoms with Crippen LogP contribution in [0.2, 0.25) is 0 Å². The average molecular weight is 359 g/mol. The lowest BCUT2D eigenvalue weighted by molar-refractivity contribution is 0.306. The number of benzene rings is 3. The Morgan fingerprint density at radius 1 is 0.778 bits per heavy atom. The van der Waals surface area contributed by atoms with Crippen LogP contribution < -0.4 is 14.2 Å². The molecule has 3 aromatic carbocycles. The predicted octanol–water partition coefficient (Wildman–Crippen LogP) is 5.43. The van der Waals surface area contributed by atoms with E-state index in [1.54, 1.807) is 14.2 Å². The molecule has 136 valence electrons. The van der Waals surface area contributed by atoms with Crippen molar-refractivity contribution in [3.63, 3.8) is 0 Å². The van der Waals surface area contributed by atoms with Crippen LogP contribution in [0.3, 0.4) is 0 Å². The Labute approximate surface area is 158 Å². The molecule has 1 N–H and O–H groups in total. The fraction of sp³-hybridized carbons (Fsp3) is 0.130. The molecule has 1 heterocycles. The topological polar surface area (TPSA) is 43.5 Å². The van der Waals surface area contributed by atoms with Crippen molar-refractivity contribution in [3.8, 4) is 28.5 Å². The minimum atomic E-state index is 0.545. The summed E-state index contributed by atoms with van der Waals surface area (Å²) >= 11 is 0. The van der Waals surface area contributed by atoms with Gasteiger partial charge in [-0.1, -0.05) is 30.3 Å². The molecule has 0 radical (unpaired) electrons. The second-order valence-corrected chi connectivity index (χ2v) is 6.27. The first kappa shape index (κ1) is 17.0. The summed E-state index contributed by atoms with van der Waals surface area (Å²) in [4.78, 5) is 3.46. The number of aromatic nitrogens is 1. The number of methoxy groups -OCH3 is 2. The van der Waals surface area contributed by atoms with Crippen molar-refractivity contribution in [2.45, 2.75) is 6.61 Å². The first-order valence-corrected chi connectivity index (χ1v) is 8.79. The second-order valence-electron chi connectivity index (χ2n) is 6.27. The summed E-state index contributed by atoms with van der Waals surface area (Å²) in [6.07, 6.45) is 0.